The first-order valence-electron chi connectivity index (χ1n) is 9.96. The molecule has 0 aliphatic heterocycles. The first kappa shape index (κ1) is 15.2. The van der Waals surface area contributed by atoms with Crippen molar-refractivity contribution in [1.29, 1.82) is 0 Å². The average Bonchev–Trinajstić information content (AvgIpc) is 3.10. The van der Waals surface area contributed by atoms with Gasteiger partial charge in [0.25, 0.3) is 0 Å². The zero-order valence-electron chi connectivity index (χ0n) is 16.3. The van der Waals surface area contributed by atoms with Gasteiger partial charge in [0, 0.05) is 29.2 Å². The van der Waals surface area contributed by atoms with Gasteiger partial charge in [-0.2, -0.15) is 0 Å². The second-order valence-corrected chi connectivity index (χ2v) is 8.05. The Kier molecular flexibility index (Phi) is 2.63. The lowest BCUT2D eigenvalue weighted by atomic mass is 9.96. The summed E-state index contributed by atoms with van der Waals surface area (Å²) >= 11 is 0. The molecule has 0 N–H and O–H groups in total. The molecule has 0 fully saturated rings. The standard InChI is InChI=1S/C26H18N3/c1-15-18-6-4-3-5-17(18)13-22-23(15)26-24-16(10-12-28(26)2)7-8-19-20-14-27-11-9-21(20)29(22)25(19)24/h3-14H,1-2H3/q+1. The van der Waals surface area contributed by atoms with Crippen LogP contribution in [0.25, 0.3) is 59.8 Å². The molecule has 0 spiro atoms. The molecule has 0 atom stereocenters. The van der Waals surface area contributed by atoms with Crippen LogP contribution in [0, 0.1) is 6.92 Å². The van der Waals surface area contributed by atoms with Crippen LogP contribution in [0.3, 0.4) is 0 Å². The summed E-state index contributed by atoms with van der Waals surface area (Å²) in [6, 6.07) is 19.9. The number of hydrogen-bond donors (Lipinski definition) is 0. The molecule has 0 radical (unpaired) electrons. The summed E-state index contributed by atoms with van der Waals surface area (Å²) in [4.78, 5) is 4.43. The molecule has 3 aromatic carbocycles. The topological polar surface area (TPSA) is 21.2 Å². The van der Waals surface area contributed by atoms with Gasteiger partial charge in [-0.05, 0) is 40.8 Å². The normalized spacial score (nSPS) is 12.5. The van der Waals surface area contributed by atoms with Gasteiger partial charge in [0.15, 0.2) is 6.20 Å². The van der Waals surface area contributed by atoms with Crippen molar-refractivity contribution in [2.75, 3.05) is 0 Å². The van der Waals surface area contributed by atoms with Crippen molar-refractivity contribution >= 4 is 59.8 Å². The maximum atomic E-state index is 4.43. The average molecular weight is 372 g/mol. The van der Waals surface area contributed by atoms with Crippen molar-refractivity contribution < 1.29 is 4.57 Å². The van der Waals surface area contributed by atoms with E-state index in [1.165, 1.54) is 65.3 Å². The molecule has 0 aliphatic carbocycles. The molecular formula is C26H18N3+. The van der Waals surface area contributed by atoms with Crippen LogP contribution >= 0.6 is 0 Å². The molecule has 4 aromatic heterocycles. The van der Waals surface area contributed by atoms with Gasteiger partial charge in [-0.15, -0.1) is 0 Å². The third-order valence-corrected chi connectivity index (χ3v) is 6.60. The quantitative estimate of drug-likeness (QED) is 0.191. The van der Waals surface area contributed by atoms with E-state index in [-0.39, 0.29) is 0 Å². The smallest absolute Gasteiger partial charge is 0.224 e. The number of benzene rings is 3. The monoisotopic (exact) mass is 372 g/mol. The minimum absolute atomic E-state index is 1.21. The lowest BCUT2D eigenvalue weighted by Crippen LogP contribution is -2.28. The summed E-state index contributed by atoms with van der Waals surface area (Å²) in [7, 11) is 2.16. The van der Waals surface area contributed by atoms with Crippen molar-refractivity contribution in [2.24, 2.45) is 7.05 Å². The van der Waals surface area contributed by atoms with Gasteiger partial charge >= 0.3 is 0 Å². The Morgan fingerprint density at radius 2 is 1.72 bits per heavy atom. The highest BCUT2D eigenvalue weighted by molar-refractivity contribution is 6.28. The van der Waals surface area contributed by atoms with E-state index in [1.807, 2.05) is 12.4 Å². The van der Waals surface area contributed by atoms with Crippen LogP contribution in [0.2, 0.25) is 0 Å². The van der Waals surface area contributed by atoms with E-state index in [2.05, 4.69) is 88.7 Å². The van der Waals surface area contributed by atoms with Crippen LogP contribution in [0.15, 0.2) is 73.2 Å². The third-order valence-electron chi connectivity index (χ3n) is 6.60. The fourth-order valence-corrected chi connectivity index (χ4v) is 5.33. The predicted molar refractivity (Wildman–Crippen MR) is 120 cm³/mol. The van der Waals surface area contributed by atoms with Crippen molar-refractivity contribution in [2.45, 2.75) is 6.92 Å². The number of pyridine rings is 3. The van der Waals surface area contributed by atoms with E-state index in [0.29, 0.717) is 0 Å². The fraction of sp³-hybridized carbons (Fsp3) is 0.0769. The second kappa shape index (κ2) is 5.00. The molecule has 0 saturated heterocycles. The molecule has 7 aromatic rings. The van der Waals surface area contributed by atoms with Crippen molar-refractivity contribution in [3.63, 3.8) is 0 Å². The number of fused-ring (bicyclic) bond motifs is 7. The molecule has 0 bridgehead atoms. The number of nitrogens with zero attached hydrogens (tertiary/aromatic N) is 3. The number of aryl methyl sites for hydroxylation is 2. The van der Waals surface area contributed by atoms with E-state index < -0.39 is 0 Å². The minimum atomic E-state index is 1.21. The Morgan fingerprint density at radius 3 is 2.66 bits per heavy atom. The van der Waals surface area contributed by atoms with Crippen LogP contribution in [-0.4, -0.2) is 9.38 Å². The molecule has 7 rings (SSSR count). The van der Waals surface area contributed by atoms with E-state index in [1.54, 1.807) is 0 Å². The van der Waals surface area contributed by atoms with Gasteiger partial charge < -0.3 is 4.40 Å². The van der Waals surface area contributed by atoms with E-state index in [9.17, 15) is 0 Å². The molecule has 4 heterocycles. The van der Waals surface area contributed by atoms with Crippen molar-refractivity contribution in [3.05, 3.63) is 78.8 Å². The summed E-state index contributed by atoms with van der Waals surface area (Å²) < 4.78 is 4.73. The van der Waals surface area contributed by atoms with Gasteiger partial charge in [-0.25, -0.2) is 4.57 Å². The highest BCUT2D eigenvalue weighted by Crippen LogP contribution is 2.41. The van der Waals surface area contributed by atoms with E-state index >= 15 is 0 Å². The van der Waals surface area contributed by atoms with Gasteiger partial charge in [0.05, 0.1) is 27.3 Å². The highest BCUT2D eigenvalue weighted by Gasteiger charge is 2.24. The first-order valence-corrected chi connectivity index (χ1v) is 9.96. The molecule has 3 heteroatoms. The van der Waals surface area contributed by atoms with E-state index in [4.69, 9.17) is 0 Å². The van der Waals surface area contributed by atoms with Crippen LogP contribution in [0.5, 0.6) is 0 Å². The third kappa shape index (κ3) is 1.70. The molecule has 136 valence electrons. The molecule has 0 amide bonds. The fourth-order valence-electron chi connectivity index (χ4n) is 5.33. The molecule has 29 heavy (non-hydrogen) atoms. The summed E-state index contributed by atoms with van der Waals surface area (Å²) in [6.45, 7) is 2.26. The maximum absolute atomic E-state index is 4.43. The lowest BCUT2D eigenvalue weighted by molar-refractivity contribution is -0.643. The van der Waals surface area contributed by atoms with Crippen LogP contribution in [0.4, 0.5) is 0 Å². The first-order chi connectivity index (χ1) is 14.2. The summed E-state index contributed by atoms with van der Waals surface area (Å²) in [5, 5.41) is 9.01. The summed E-state index contributed by atoms with van der Waals surface area (Å²) in [5.41, 5.74) is 6.40. The van der Waals surface area contributed by atoms with Gasteiger partial charge in [-0.1, -0.05) is 36.4 Å². The van der Waals surface area contributed by atoms with Gasteiger partial charge in [-0.3, -0.25) is 4.98 Å². The lowest BCUT2D eigenvalue weighted by Gasteiger charge is -2.14. The SMILES string of the molecule is Cc1c2ccccc2cc2c1c1c3c(ccc4c5cnccc5n2c43)cc[n+]1C. The van der Waals surface area contributed by atoms with Gasteiger partial charge in [0.2, 0.25) is 5.52 Å². The summed E-state index contributed by atoms with van der Waals surface area (Å²) in [6.07, 6.45) is 6.08. The molecular weight excluding hydrogens is 354 g/mol. The predicted octanol–water partition coefficient (Wildman–Crippen LogP) is 5.67. The van der Waals surface area contributed by atoms with Crippen molar-refractivity contribution in [1.82, 2.24) is 9.38 Å². The molecule has 0 unspecified atom stereocenters. The zero-order chi connectivity index (χ0) is 19.3. The van der Waals surface area contributed by atoms with E-state index in [0.717, 1.165) is 0 Å². The minimum Gasteiger partial charge on any atom is -0.307 e. The van der Waals surface area contributed by atoms with Crippen LogP contribution in [0.1, 0.15) is 5.56 Å². The van der Waals surface area contributed by atoms with Crippen LogP contribution < -0.4 is 4.57 Å². The number of rotatable bonds is 0. The Morgan fingerprint density at radius 1 is 0.828 bits per heavy atom. The Bertz CT molecular complexity index is 1770. The Balaban J connectivity index is 1.99. The van der Waals surface area contributed by atoms with Gasteiger partial charge in [0.1, 0.15) is 7.05 Å². The number of hydrogen-bond acceptors (Lipinski definition) is 1. The summed E-state index contributed by atoms with van der Waals surface area (Å²) in [5.74, 6) is 0. The number of aromatic nitrogens is 3. The maximum Gasteiger partial charge on any atom is 0.224 e. The second-order valence-electron chi connectivity index (χ2n) is 8.05. The zero-order valence-corrected chi connectivity index (χ0v) is 16.3. The Labute approximate surface area is 166 Å². The highest BCUT2D eigenvalue weighted by atomic mass is 15.0. The molecule has 3 nitrogen and oxygen atoms in total. The largest absolute Gasteiger partial charge is 0.307 e. The molecule has 0 aliphatic rings. The van der Waals surface area contributed by atoms with Crippen molar-refractivity contribution in [3.8, 4) is 0 Å². The van der Waals surface area contributed by atoms with Crippen LogP contribution in [-0.2, 0) is 7.05 Å². The Hall–Kier alpha value is -3.72. The molecule has 0 saturated carbocycles.